The summed E-state index contributed by atoms with van der Waals surface area (Å²) in [6, 6.07) is 13.1. The standard InChI is InChI=1S/C24H28FNS/c1-2-3-18-4-6-19(7-5-18)8-9-20-10-15-23(24(25)16-20)21-11-13-22(14-12-21)26-17-27/h10-16,18-19H,2-9H2,1H3. The average molecular weight is 382 g/mol. The Bertz CT molecular complexity index is 785. The van der Waals surface area contributed by atoms with E-state index in [4.69, 9.17) is 0 Å². The van der Waals surface area contributed by atoms with Crippen molar-refractivity contribution in [1.29, 1.82) is 0 Å². The van der Waals surface area contributed by atoms with Gasteiger partial charge in [0.2, 0.25) is 0 Å². The van der Waals surface area contributed by atoms with Gasteiger partial charge in [-0.3, -0.25) is 0 Å². The van der Waals surface area contributed by atoms with Crippen LogP contribution in [0.5, 0.6) is 0 Å². The van der Waals surface area contributed by atoms with Crippen LogP contribution in [0.3, 0.4) is 0 Å². The van der Waals surface area contributed by atoms with Gasteiger partial charge in [0.25, 0.3) is 0 Å². The Hall–Kier alpha value is -1.83. The van der Waals surface area contributed by atoms with Gasteiger partial charge < -0.3 is 0 Å². The lowest BCUT2D eigenvalue weighted by Gasteiger charge is -2.28. The van der Waals surface area contributed by atoms with Crippen LogP contribution in [0, 0.1) is 17.7 Å². The molecule has 1 aliphatic rings. The van der Waals surface area contributed by atoms with Crippen LogP contribution >= 0.6 is 12.2 Å². The van der Waals surface area contributed by atoms with Gasteiger partial charge >= 0.3 is 0 Å². The van der Waals surface area contributed by atoms with Crippen molar-refractivity contribution >= 4 is 23.1 Å². The normalized spacial score (nSPS) is 19.5. The van der Waals surface area contributed by atoms with Crippen LogP contribution in [0.4, 0.5) is 10.1 Å². The number of hydrogen-bond acceptors (Lipinski definition) is 2. The first-order valence-corrected chi connectivity index (χ1v) is 10.6. The van der Waals surface area contributed by atoms with Crippen LogP contribution in [0.2, 0.25) is 0 Å². The Morgan fingerprint density at radius 3 is 2.26 bits per heavy atom. The summed E-state index contributed by atoms with van der Waals surface area (Å²) in [5.41, 5.74) is 3.33. The van der Waals surface area contributed by atoms with E-state index in [9.17, 15) is 4.39 Å². The third-order valence-electron chi connectivity index (χ3n) is 5.89. The molecule has 0 amide bonds. The van der Waals surface area contributed by atoms with Crippen LogP contribution < -0.4 is 0 Å². The second kappa shape index (κ2) is 9.92. The van der Waals surface area contributed by atoms with Crippen molar-refractivity contribution in [2.75, 3.05) is 0 Å². The maximum Gasteiger partial charge on any atom is 0.131 e. The smallest absolute Gasteiger partial charge is 0.131 e. The Morgan fingerprint density at radius 2 is 1.67 bits per heavy atom. The van der Waals surface area contributed by atoms with E-state index in [0.29, 0.717) is 5.56 Å². The van der Waals surface area contributed by atoms with E-state index in [2.05, 4.69) is 35.4 Å². The molecule has 2 aromatic rings. The molecule has 2 aromatic carbocycles. The molecule has 0 radical (unpaired) electrons. The molecule has 27 heavy (non-hydrogen) atoms. The van der Waals surface area contributed by atoms with Crippen molar-refractivity contribution in [3.63, 3.8) is 0 Å². The van der Waals surface area contributed by atoms with Crippen molar-refractivity contribution in [3.8, 4) is 11.1 Å². The fourth-order valence-corrected chi connectivity index (χ4v) is 4.41. The van der Waals surface area contributed by atoms with Gasteiger partial charge in [-0.15, -0.1) is 0 Å². The van der Waals surface area contributed by atoms with Gasteiger partial charge in [-0.05, 0) is 66.2 Å². The summed E-state index contributed by atoms with van der Waals surface area (Å²) in [5.74, 6) is 1.62. The fraction of sp³-hybridized carbons (Fsp3) is 0.458. The molecule has 1 aliphatic carbocycles. The first-order chi connectivity index (χ1) is 13.2. The van der Waals surface area contributed by atoms with E-state index >= 15 is 0 Å². The van der Waals surface area contributed by atoms with Crippen LogP contribution in [0.15, 0.2) is 47.5 Å². The van der Waals surface area contributed by atoms with Gasteiger partial charge in [-0.25, -0.2) is 4.39 Å². The zero-order chi connectivity index (χ0) is 19.1. The fourth-order valence-electron chi connectivity index (χ4n) is 4.30. The van der Waals surface area contributed by atoms with E-state index in [1.54, 1.807) is 6.07 Å². The third-order valence-corrected chi connectivity index (χ3v) is 5.98. The SMILES string of the molecule is CCCC1CCC(CCc2ccc(-c3ccc(N=C=S)cc3)c(F)c2)CC1. The Morgan fingerprint density at radius 1 is 1.00 bits per heavy atom. The summed E-state index contributed by atoms with van der Waals surface area (Å²) in [5, 5.41) is 2.35. The highest BCUT2D eigenvalue weighted by atomic mass is 32.1. The highest BCUT2D eigenvalue weighted by Gasteiger charge is 2.20. The summed E-state index contributed by atoms with van der Waals surface area (Å²) < 4.78 is 14.6. The molecule has 1 nitrogen and oxygen atoms in total. The van der Waals surface area contributed by atoms with Gasteiger partial charge in [0.15, 0.2) is 0 Å². The summed E-state index contributed by atoms with van der Waals surface area (Å²) in [6.07, 6.45) is 10.3. The van der Waals surface area contributed by atoms with Gasteiger partial charge in [-0.2, -0.15) is 4.99 Å². The minimum atomic E-state index is -0.148. The third kappa shape index (κ3) is 5.57. The van der Waals surface area contributed by atoms with Crippen molar-refractivity contribution in [3.05, 3.63) is 53.8 Å². The highest BCUT2D eigenvalue weighted by Crippen LogP contribution is 2.34. The predicted octanol–water partition coefficient (Wildman–Crippen LogP) is 7.77. The summed E-state index contributed by atoms with van der Waals surface area (Å²) >= 11 is 4.61. The number of aryl methyl sites for hydroxylation is 1. The second-order valence-electron chi connectivity index (χ2n) is 7.78. The summed E-state index contributed by atoms with van der Waals surface area (Å²) in [6.45, 7) is 2.28. The molecule has 142 valence electrons. The van der Waals surface area contributed by atoms with Crippen LogP contribution in [0.25, 0.3) is 11.1 Å². The summed E-state index contributed by atoms with van der Waals surface area (Å²) in [4.78, 5) is 3.93. The maximum absolute atomic E-state index is 14.6. The van der Waals surface area contributed by atoms with Crippen LogP contribution in [-0.2, 0) is 6.42 Å². The van der Waals surface area contributed by atoms with Gasteiger partial charge in [0, 0.05) is 5.56 Å². The molecule has 3 heteroatoms. The minimum Gasteiger partial charge on any atom is -0.206 e. The van der Waals surface area contributed by atoms with Crippen molar-refractivity contribution in [2.45, 2.75) is 58.3 Å². The number of isothiocyanates is 1. The van der Waals surface area contributed by atoms with Crippen molar-refractivity contribution in [1.82, 2.24) is 0 Å². The minimum absolute atomic E-state index is 0.148. The Labute approximate surface area is 167 Å². The first kappa shape index (κ1) is 19.9. The largest absolute Gasteiger partial charge is 0.206 e. The first-order valence-electron chi connectivity index (χ1n) is 10.2. The maximum atomic E-state index is 14.6. The number of thiocarbonyl (C=S) groups is 1. The molecule has 0 spiro atoms. The molecule has 1 saturated carbocycles. The number of halogens is 1. The number of aliphatic imine (C=N–C) groups is 1. The molecule has 0 N–H and O–H groups in total. The zero-order valence-corrected chi connectivity index (χ0v) is 16.9. The number of rotatable bonds is 7. The van der Waals surface area contributed by atoms with E-state index in [1.165, 1.54) is 44.9 Å². The van der Waals surface area contributed by atoms with Crippen LogP contribution in [-0.4, -0.2) is 5.16 Å². The monoisotopic (exact) mass is 381 g/mol. The van der Waals surface area contributed by atoms with E-state index in [1.807, 2.05) is 30.3 Å². The molecular formula is C24H28FNS. The van der Waals surface area contributed by atoms with E-state index < -0.39 is 0 Å². The van der Waals surface area contributed by atoms with Crippen molar-refractivity contribution < 1.29 is 4.39 Å². The zero-order valence-electron chi connectivity index (χ0n) is 16.1. The molecule has 0 heterocycles. The topological polar surface area (TPSA) is 12.4 Å². The lowest BCUT2D eigenvalue weighted by atomic mass is 9.78. The van der Waals surface area contributed by atoms with Crippen LogP contribution in [0.1, 0.15) is 57.4 Å². The average Bonchev–Trinajstić information content (AvgIpc) is 2.69. The predicted molar refractivity (Wildman–Crippen MR) is 115 cm³/mol. The second-order valence-corrected chi connectivity index (χ2v) is 7.96. The number of benzene rings is 2. The molecule has 0 bridgehead atoms. The quantitative estimate of drug-likeness (QED) is 0.352. The summed E-state index contributed by atoms with van der Waals surface area (Å²) in [7, 11) is 0. The lowest BCUT2D eigenvalue weighted by molar-refractivity contribution is 0.252. The van der Waals surface area contributed by atoms with Gasteiger partial charge in [0.05, 0.1) is 10.8 Å². The van der Waals surface area contributed by atoms with Gasteiger partial charge in [0.1, 0.15) is 5.82 Å². The molecule has 1 fully saturated rings. The number of nitrogens with zero attached hydrogens (tertiary/aromatic N) is 1. The van der Waals surface area contributed by atoms with E-state index in [0.717, 1.165) is 35.1 Å². The number of hydrogen-bond donors (Lipinski definition) is 0. The molecule has 0 saturated heterocycles. The highest BCUT2D eigenvalue weighted by molar-refractivity contribution is 7.78. The van der Waals surface area contributed by atoms with Gasteiger partial charge in [-0.1, -0.05) is 69.7 Å². The molecule has 0 aromatic heterocycles. The molecular weight excluding hydrogens is 353 g/mol. The molecule has 0 aliphatic heterocycles. The van der Waals surface area contributed by atoms with Crippen molar-refractivity contribution in [2.24, 2.45) is 16.8 Å². The Balaban J connectivity index is 1.57. The molecule has 0 unspecified atom stereocenters. The molecule has 0 atom stereocenters. The van der Waals surface area contributed by atoms with E-state index in [-0.39, 0.29) is 5.82 Å². The Kier molecular flexibility index (Phi) is 7.32. The lowest BCUT2D eigenvalue weighted by Crippen LogP contribution is -2.15. The molecule has 3 rings (SSSR count).